The van der Waals surface area contributed by atoms with Crippen molar-refractivity contribution < 1.29 is 0 Å². The first-order valence-corrected chi connectivity index (χ1v) is 7.92. The number of nitrogens with zero attached hydrogens (tertiary/aromatic N) is 2. The van der Waals surface area contributed by atoms with Crippen molar-refractivity contribution in [2.45, 2.75) is 46.5 Å². The van der Waals surface area contributed by atoms with E-state index in [0.717, 1.165) is 31.9 Å². The highest BCUT2D eigenvalue weighted by atomic mass is 32.1. The molecule has 0 radical (unpaired) electrons. The summed E-state index contributed by atoms with van der Waals surface area (Å²) >= 11 is 1.81. The molecular weight excluding hydrogens is 256 g/mol. The van der Waals surface area contributed by atoms with Crippen molar-refractivity contribution in [1.29, 1.82) is 0 Å². The molecule has 19 heavy (non-hydrogen) atoms. The van der Waals surface area contributed by atoms with Gasteiger partial charge in [0, 0.05) is 31.4 Å². The van der Waals surface area contributed by atoms with Crippen molar-refractivity contribution in [3.05, 3.63) is 15.6 Å². The van der Waals surface area contributed by atoms with E-state index in [4.69, 9.17) is 0 Å². The summed E-state index contributed by atoms with van der Waals surface area (Å²) in [6, 6.07) is 0. The Balaban J connectivity index is 2.31. The first kappa shape index (κ1) is 16.0. The Bertz CT molecular complexity index is 398. The molecule has 1 aromatic rings. The molecule has 2 N–H and O–H groups in total. The molecular formula is C14H26N4S. The van der Waals surface area contributed by atoms with Crippen LogP contribution in [0.4, 0.5) is 0 Å². The second-order valence-electron chi connectivity index (χ2n) is 4.49. The van der Waals surface area contributed by atoms with Gasteiger partial charge in [-0.2, -0.15) is 0 Å². The third-order valence-electron chi connectivity index (χ3n) is 2.95. The molecule has 0 atom stereocenters. The molecule has 0 fully saturated rings. The van der Waals surface area contributed by atoms with E-state index in [1.165, 1.54) is 28.4 Å². The van der Waals surface area contributed by atoms with Crippen LogP contribution in [0.25, 0.3) is 0 Å². The molecule has 0 aliphatic carbocycles. The fourth-order valence-electron chi connectivity index (χ4n) is 1.81. The second-order valence-corrected chi connectivity index (χ2v) is 5.78. The van der Waals surface area contributed by atoms with Gasteiger partial charge in [-0.1, -0.05) is 20.3 Å². The van der Waals surface area contributed by atoms with Crippen LogP contribution in [0.1, 0.15) is 42.3 Å². The van der Waals surface area contributed by atoms with Crippen LogP contribution in [0, 0.1) is 6.92 Å². The van der Waals surface area contributed by atoms with E-state index in [9.17, 15) is 0 Å². The average Bonchev–Trinajstić information content (AvgIpc) is 2.77. The highest BCUT2D eigenvalue weighted by Gasteiger charge is 2.05. The van der Waals surface area contributed by atoms with Crippen molar-refractivity contribution >= 4 is 17.3 Å². The molecule has 1 heterocycles. The van der Waals surface area contributed by atoms with Gasteiger partial charge in [0.05, 0.1) is 10.7 Å². The van der Waals surface area contributed by atoms with Gasteiger partial charge >= 0.3 is 0 Å². The van der Waals surface area contributed by atoms with Crippen LogP contribution in [-0.2, 0) is 12.8 Å². The van der Waals surface area contributed by atoms with Crippen molar-refractivity contribution in [2.75, 3.05) is 20.1 Å². The zero-order valence-electron chi connectivity index (χ0n) is 12.5. The standard InChI is InChI=1S/C14H26N4S/c1-5-7-9-16-14(15-4)17-10-8-13-18-12(6-2)11(3)19-13/h5-10H2,1-4H3,(H2,15,16,17). The maximum absolute atomic E-state index is 4.64. The van der Waals surface area contributed by atoms with E-state index < -0.39 is 0 Å². The topological polar surface area (TPSA) is 49.3 Å². The number of unbranched alkanes of at least 4 members (excludes halogenated alkanes) is 1. The molecule has 0 unspecified atom stereocenters. The number of hydrogen-bond acceptors (Lipinski definition) is 3. The number of rotatable bonds is 7. The minimum atomic E-state index is 0.877. The van der Waals surface area contributed by atoms with E-state index in [1.807, 2.05) is 18.4 Å². The van der Waals surface area contributed by atoms with Crippen LogP contribution in [0.15, 0.2) is 4.99 Å². The molecule has 108 valence electrons. The molecule has 0 aliphatic rings. The summed E-state index contributed by atoms with van der Waals surface area (Å²) < 4.78 is 0. The van der Waals surface area contributed by atoms with Crippen LogP contribution < -0.4 is 10.6 Å². The van der Waals surface area contributed by atoms with Gasteiger partial charge in [-0.05, 0) is 19.8 Å². The van der Waals surface area contributed by atoms with Crippen molar-refractivity contribution in [3.8, 4) is 0 Å². The van der Waals surface area contributed by atoms with E-state index >= 15 is 0 Å². The molecule has 0 spiro atoms. The third-order valence-corrected chi connectivity index (χ3v) is 4.02. The minimum absolute atomic E-state index is 0.877. The van der Waals surface area contributed by atoms with E-state index in [-0.39, 0.29) is 0 Å². The lowest BCUT2D eigenvalue weighted by atomic mass is 10.3. The third kappa shape index (κ3) is 5.59. The predicted molar refractivity (Wildman–Crippen MR) is 84.2 cm³/mol. The monoisotopic (exact) mass is 282 g/mol. The van der Waals surface area contributed by atoms with Gasteiger partial charge in [0.2, 0.25) is 0 Å². The molecule has 5 heteroatoms. The predicted octanol–water partition coefficient (Wildman–Crippen LogP) is 2.52. The second kappa shape index (κ2) is 8.91. The van der Waals surface area contributed by atoms with E-state index in [1.54, 1.807) is 0 Å². The zero-order chi connectivity index (χ0) is 14.1. The molecule has 0 bridgehead atoms. The molecule has 1 aromatic heterocycles. The fraction of sp³-hybridized carbons (Fsp3) is 0.714. The summed E-state index contributed by atoms with van der Waals surface area (Å²) in [6.45, 7) is 8.35. The number of hydrogen-bond donors (Lipinski definition) is 2. The Morgan fingerprint density at radius 2 is 2.00 bits per heavy atom. The highest BCUT2D eigenvalue weighted by Crippen LogP contribution is 2.17. The van der Waals surface area contributed by atoms with Gasteiger partial charge in [0.25, 0.3) is 0 Å². The van der Waals surface area contributed by atoms with Crippen molar-refractivity contribution in [2.24, 2.45) is 4.99 Å². The van der Waals surface area contributed by atoms with Crippen LogP contribution in [0.5, 0.6) is 0 Å². The lowest BCUT2D eigenvalue weighted by Crippen LogP contribution is -2.38. The summed E-state index contributed by atoms with van der Waals surface area (Å²) in [7, 11) is 1.81. The van der Waals surface area contributed by atoms with Gasteiger partial charge in [-0.15, -0.1) is 11.3 Å². The Kier molecular flexibility index (Phi) is 7.48. The van der Waals surface area contributed by atoms with Crippen LogP contribution in [0.2, 0.25) is 0 Å². The molecule has 0 aliphatic heterocycles. The fourth-order valence-corrected chi connectivity index (χ4v) is 2.84. The summed E-state index contributed by atoms with van der Waals surface area (Å²) in [5.41, 5.74) is 1.24. The first-order valence-electron chi connectivity index (χ1n) is 7.10. The number of thiazole rings is 1. The summed E-state index contributed by atoms with van der Waals surface area (Å²) in [5, 5.41) is 7.85. The smallest absolute Gasteiger partial charge is 0.190 e. The van der Waals surface area contributed by atoms with Crippen molar-refractivity contribution in [1.82, 2.24) is 15.6 Å². The Morgan fingerprint density at radius 3 is 2.58 bits per heavy atom. The molecule has 4 nitrogen and oxygen atoms in total. The molecule has 1 rings (SSSR count). The number of aliphatic imine (C=N–C) groups is 1. The number of aromatic nitrogens is 1. The molecule has 0 saturated heterocycles. The van der Waals surface area contributed by atoms with Gasteiger partial charge < -0.3 is 10.6 Å². The highest BCUT2D eigenvalue weighted by molar-refractivity contribution is 7.11. The quantitative estimate of drug-likeness (QED) is 0.459. The van der Waals surface area contributed by atoms with Crippen molar-refractivity contribution in [3.63, 3.8) is 0 Å². The van der Waals surface area contributed by atoms with Gasteiger partial charge in [0.15, 0.2) is 5.96 Å². The first-order chi connectivity index (χ1) is 9.21. The molecule has 0 saturated carbocycles. The number of guanidine groups is 1. The van der Waals surface area contributed by atoms with Gasteiger partial charge in [0.1, 0.15) is 0 Å². The summed E-state index contributed by atoms with van der Waals surface area (Å²) in [6.07, 6.45) is 4.35. The SMILES string of the molecule is CCCCNC(=NC)NCCc1nc(CC)c(C)s1. The normalized spacial score (nSPS) is 11.7. The number of aryl methyl sites for hydroxylation is 2. The van der Waals surface area contributed by atoms with Crippen LogP contribution in [0.3, 0.4) is 0 Å². The lowest BCUT2D eigenvalue weighted by molar-refractivity contribution is 0.726. The van der Waals surface area contributed by atoms with Gasteiger partial charge in [-0.3, -0.25) is 4.99 Å². The maximum atomic E-state index is 4.64. The maximum Gasteiger partial charge on any atom is 0.190 e. The van der Waals surface area contributed by atoms with Crippen LogP contribution in [-0.4, -0.2) is 31.1 Å². The average molecular weight is 282 g/mol. The summed E-state index contributed by atoms with van der Waals surface area (Å²) in [4.78, 5) is 10.2. The van der Waals surface area contributed by atoms with Crippen LogP contribution >= 0.6 is 11.3 Å². The molecule has 0 aromatic carbocycles. The summed E-state index contributed by atoms with van der Waals surface area (Å²) in [5.74, 6) is 0.887. The Labute approximate surface area is 120 Å². The van der Waals surface area contributed by atoms with Gasteiger partial charge in [-0.25, -0.2) is 4.98 Å². The van der Waals surface area contributed by atoms with E-state index in [2.05, 4.69) is 41.4 Å². The lowest BCUT2D eigenvalue weighted by Gasteiger charge is -2.10. The minimum Gasteiger partial charge on any atom is -0.356 e. The Hall–Kier alpha value is -1.10. The molecule has 0 amide bonds. The number of nitrogens with one attached hydrogen (secondary N) is 2. The Morgan fingerprint density at radius 1 is 1.26 bits per heavy atom. The largest absolute Gasteiger partial charge is 0.356 e. The zero-order valence-corrected chi connectivity index (χ0v) is 13.4. The van der Waals surface area contributed by atoms with E-state index in [0.29, 0.717) is 0 Å².